The van der Waals surface area contributed by atoms with E-state index in [0.29, 0.717) is 0 Å². The Bertz CT molecular complexity index is 577. The lowest BCUT2D eigenvalue weighted by Crippen LogP contribution is -2.43. The summed E-state index contributed by atoms with van der Waals surface area (Å²) < 4.78 is 0. The summed E-state index contributed by atoms with van der Waals surface area (Å²) in [5.74, 6) is 0. The van der Waals surface area contributed by atoms with Gasteiger partial charge in [0.15, 0.2) is 11.8 Å². The predicted octanol–water partition coefficient (Wildman–Crippen LogP) is 2.16. The molecule has 0 fully saturated rings. The van der Waals surface area contributed by atoms with Gasteiger partial charge in [0.05, 0.1) is 0 Å². The molecule has 17 heavy (non-hydrogen) atoms. The van der Waals surface area contributed by atoms with Gasteiger partial charge in [0, 0.05) is 22.8 Å². The lowest BCUT2D eigenvalue weighted by Gasteiger charge is -2.31. The van der Waals surface area contributed by atoms with Crippen LogP contribution < -0.4 is 5.32 Å². The molecule has 0 saturated heterocycles. The van der Waals surface area contributed by atoms with Crippen LogP contribution in [0, 0.1) is 0 Å². The maximum atomic E-state index is 11.6. The molecular weight excluding hydrogens is 232 g/mol. The smallest absolute Gasteiger partial charge is 0.155 e. The quantitative estimate of drug-likeness (QED) is 0.821. The predicted molar refractivity (Wildman–Crippen MR) is 67.6 cm³/mol. The number of nitrogens with one attached hydrogen (secondary N) is 1. The van der Waals surface area contributed by atoms with Crippen LogP contribution in [-0.4, -0.2) is 11.3 Å². The van der Waals surface area contributed by atoms with Crippen molar-refractivity contribution in [2.75, 3.05) is 0 Å². The normalized spacial score (nSPS) is 21.6. The van der Waals surface area contributed by atoms with Gasteiger partial charge in [-0.3, -0.25) is 9.78 Å². The topological polar surface area (TPSA) is 42.0 Å². The van der Waals surface area contributed by atoms with Crippen molar-refractivity contribution in [3.05, 3.63) is 58.2 Å². The van der Waals surface area contributed by atoms with E-state index in [-0.39, 0.29) is 0 Å². The van der Waals surface area contributed by atoms with Crippen molar-refractivity contribution in [1.82, 2.24) is 10.3 Å². The van der Waals surface area contributed by atoms with Crippen LogP contribution in [0.4, 0.5) is 0 Å². The molecule has 0 bridgehead atoms. The van der Waals surface area contributed by atoms with Gasteiger partial charge in [-0.25, -0.2) is 0 Å². The minimum absolute atomic E-state index is 0.785. The number of thiophene rings is 1. The highest BCUT2D eigenvalue weighted by atomic mass is 32.1. The van der Waals surface area contributed by atoms with E-state index in [9.17, 15) is 4.79 Å². The summed E-state index contributed by atoms with van der Waals surface area (Å²) in [6, 6.07) is 5.82. The summed E-state index contributed by atoms with van der Waals surface area (Å²) in [6.07, 6.45) is 8.20. The Balaban J connectivity index is 2.26. The van der Waals surface area contributed by atoms with Gasteiger partial charge >= 0.3 is 0 Å². The molecule has 0 radical (unpaired) electrons. The second-order valence-electron chi connectivity index (χ2n) is 3.84. The van der Waals surface area contributed by atoms with Crippen LogP contribution in [0.2, 0.25) is 0 Å². The average molecular weight is 242 g/mol. The van der Waals surface area contributed by atoms with Crippen LogP contribution in [0.1, 0.15) is 16.0 Å². The average Bonchev–Trinajstić information content (AvgIpc) is 2.92. The Morgan fingerprint density at radius 3 is 3.12 bits per heavy atom. The first-order valence-electron chi connectivity index (χ1n) is 5.26. The standard InChI is InChI=1S/C13H10N2OS/c16-9-13(12-2-1-7-17-12)11-8-14-5-3-10(11)4-6-15-13/h1-9,15H. The molecule has 1 N–H and O–H groups in total. The highest BCUT2D eigenvalue weighted by molar-refractivity contribution is 7.10. The van der Waals surface area contributed by atoms with Gasteiger partial charge in [0.2, 0.25) is 0 Å². The Labute approximate surface area is 103 Å². The highest BCUT2D eigenvalue weighted by Crippen LogP contribution is 2.35. The number of carbonyl (C=O) groups is 1. The van der Waals surface area contributed by atoms with Gasteiger partial charge in [0.1, 0.15) is 0 Å². The van der Waals surface area contributed by atoms with Crippen LogP contribution in [-0.2, 0) is 10.3 Å². The summed E-state index contributed by atoms with van der Waals surface area (Å²) in [5.41, 5.74) is 1.14. The van der Waals surface area contributed by atoms with E-state index in [1.165, 1.54) is 0 Å². The number of nitrogens with zero attached hydrogens (tertiary/aromatic N) is 1. The second kappa shape index (κ2) is 3.82. The largest absolute Gasteiger partial charge is 0.371 e. The molecule has 0 aliphatic carbocycles. The first-order valence-corrected chi connectivity index (χ1v) is 6.14. The number of rotatable bonds is 2. The fourth-order valence-corrected chi connectivity index (χ4v) is 2.95. The Morgan fingerprint density at radius 2 is 2.35 bits per heavy atom. The van der Waals surface area contributed by atoms with Crippen molar-refractivity contribution in [2.45, 2.75) is 5.54 Å². The third kappa shape index (κ3) is 1.41. The van der Waals surface area contributed by atoms with Crippen LogP contribution in [0.15, 0.2) is 42.2 Å². The van der Waals surface area contributed by atoms with Gasteiger partial charge in [0.25, 0.3) is 0 Å². The molecule has 1 aliphatic heterocycles. The molecule has 3 nitrogen and oxygen atoms in total. The molecule has 4 heteroatoms. The van der Waals surface area contributed by atoms with Gasteiger partial charge < -0.3 is 5.32 Å². The fraction of sp³-hybridized carbons (Fsp3) is 0.0769. The zero-order valence-corrected chi connectivity index (χ0v) is 9.78. The maximum absolute atomic E-state index is 11.6. The Morgan fingerprint density at radius 1 is 1.41 bits per heavy atom. The number of carbonyl (C=O) groups excluding carboxylic acids is 1. The number of aldehydes is 1. The number of pyridine rings is 1. The zero-order valence-electron chi connectivity index (χ0n) is 8.96. The number of fused-ring (bicyclic) bond motifs is 1. The molecule has 0 spiro atoms. The third-order valence-corrected chi connectivity index (χ3v) is 3.95. The number of hydrogen-bond donors (Lipinski definition) is 1. The molecule has 1 atom stereocenters. The van der Waals surface area contributed by atoms with E-state index in [1.807, 2.05) is 35.9 Å². The first-order chi connectivity index (χ1) is 8.37. The molecule has 3 heterocycles. The van der Waals surface area contributed by atoms with Crippen LogP contribution in [0.5, 0.6) is 0 Å². The van der Waals surface area contributed by atoms with Crippen LogP contribution in [0.3, 0.4) is 0 Å². The van der Waals surface area contributed by atoms with Crippen molar-refractivity contribution >= 4 is 23.7 Å². The summed E-state index contributed by atoms with van der Waals surface area (Å²) >= 11 is 1.56. The fourth-order valence-electron chi connectivity index (χ4n) is 2.08. The molecule has 0 aromatic carbocycles. The van der Waals surface area contributed by atoms with Crippen molar-refractivity contribution in [3.63, 3.8) is 0 Å². The zero-order chi connectivity index (χ0) is 11.7. The Hall–Kier alpha value is -1.94. The highest BCUT2D eigenvalue weighted by Gasteiger charge is 2.37. The van der Waals surface area contributed by atoms with Gasteiger partial charge in [-0.1, -0.05) is 6.07 Å². The molecule has 2 aromatic rings. The molecule has 1 aliphatic rings. The van der Waals surface area contributed by atoms with E-state index in [4.69, 9.17) is 0 Å². The maximum Gasteiger partial charge on any atom is 0.155 e. The van der Waals surface area contributed by atoms with Crippen molar-refractivity contribution in [2.24, 2.45) is 0 Å². The van der Waals surface area contributed by atoms with Crippen LogP contribution in [0.25, 0.3) is 6.08 Å². The monoisotopic (exact) mass is 242 g/mol. The molecule has 2 aromatic heterocycles. The molecule has 1 unspecified atom stereocenters. The molecule has 84 valence electrons. The van der Waals surface area contributed by atoms with Gasteiger partial charge in [-0.05, 0) is 35.4 Å². The lowest BCUT2D eigenvalue weighted by atomic mass is 9.85. The van der Waals surface area contributed by atoms with Crippen molar-refractivity contribution in [3.8, 4) is 0 Å². The molecular formula is C13H10N2OS. The van der Waals surface area contributed by atoms with Crippen LogP contribution >= 0.6 is 11.3 Å². The summed E-state index contributed by atoms with van der Waals surface area (Å²) in [6.45, 7) is 0. The number of aromatic nitrogens is 1. The van der Waals surface area contributed by atoms with E-state index in [1.54, 1.807) is 23.7 Å². The molecule has 0 saturated carbocycles. The van der Waals surface area contributed by atoms with Crippen molar-refractivity contribution < 1.29 is 4.79 Å². The third-order valence-electron chi connectivity index (χ3n) is 2.94. The second-order valence-corrected chi connectivity index (χ2v) is 4.79. The first kappa shape index (κ1) is 10.2. The summed E-state index contributed by atoms with van der Waals surface area (Å²) in [7, 11) is 0. The summed E-state index contributed by atoms with van der Waals surface area (Å²) in [4.78, 5) is 16.7. The van der Waals surface area contributed by atoms with E-state index in [2.05, 4.69) is 10.3 Å². The summed E-state index contributed by atoms with van der Waals surface area (Å²) in [5, 5.41) is 5.13. The van der Waals surface area contributed by atoms with Gasteiger partial charge in [-0.15, -0.1) is 11.3 Å². The number of hydrogen-bond acceptors (Lipinski definition) is 4. The molecule has 3 rings (SSSR count). The minimum atomic E-state index is -0.785. The van der Waals surface area contributed by atoms with E-state index >= 15 is 0 Å². The Kier molecular flexibility index (Phi) is 2.30. The van der Waals surface area contributed by atoms with Crippen molar-refractivity contribution in [1.29, 1.82) is 0 Å². The minimum Gasteiger partial charge on any atom is -0.371 e. The SMILES string of the molecule is O=CC1(c2cccs2)NC=Cc2ccncc21. The van der Waals surface area contributed by atoms with E-state index in [0.717, 1.165) is 22.3 Å². The van der Waals surface area contributed by atoms with E-state index < -0.39 is 5.54 Å². The molecule has 0 amide bonds. The lowest BCUT2D eigenvalue weighted by molar-refractivity contribution is -0.111. The van der Waals surface area contributed by atoms with Gasteiger partial charge in [-0.2, -0.15) is 0 Å².